The largest absolute Gasteiger partial charge is 0.481 e. The van der Waals surface area contributed by atoms with Crippen LogP contribution in [0.2, 0.25) is 0 Å². The Morgan fingerprint density at radius 3 is 2.75 bits per heavy atom. The zero-order chi connectivity index (χ0) is 14.7. The summed E-state index contributed by atoms with van der Waals surface area (Å²) in [6.07, 6.45) is 0. The van der Waals surface area contributed by atoms with Gasteiger partial charge in [-0.1, -0.05) is 11.8 Å². The van der Waals surface area contributed by atoms with E-state index in [9.17, 15) is 13.6 Å². The van der Waals surface area contributed by atoms with Crippen molar-refractivity contribution >= 4 is 17.7 Å². The summed E-state index contributed by atoms with van der Waals surface area (Å²) in [5.74, 6) is -2.30. The van der Waals surface area contributed by atoms with Crippen LogP contribution in [0, 0.1) is 11.6 Å². The van der Waals surface area contributed by atoms with Crippen LogP contribution in [-0.4, -0.2) is 31.6 Å². The van der Waals surface area contributed by atoms with E-state index in [1.54, 1.807) is 11.5 Å². The molecule has 8 heteroatoms. The molecule has 106 valence electrons. The fourth-order valence-electron chi connectivity index (χ4n) is 1.68. The van der Waals surface area contributed by atoms with E-state index in [0.29, 0.717) is 11.7 Å². The van der Waals surface area contributed by atoms with E-state index >= 15 is 0 Å². The number of hydrogen-bond donors (Lipinski definition) is 1. The van der Waals surface area contributed by atoms with Gasteiger partial charge in [-0.05, 0) is 19.1 Å². The molecule has 1 heterocycles. The number of halogens is 2. The van der Waals surface area contributed by atoms with Crippen LogP contribution in [-0.2, 0) is 11.3 Å². The minimum atomic E-state index is -0.977. The third-order valence-electron chi connectivity index (χ3n) is 2.53. The van der Waals surface area contributed by atoms with Gasteiger partial charge in [-0.2, -0.15) is 0 Å². The van der Waals surface area contributed by atoms with Gasteiger partial charge >= 0.3 is 5.97 Å². The highest BCUT2D eigenvalue weighted by atomic mass is 32.2. The molecule has 0 fully saturated rings. The minimum absolute atomic E-state index is 0.128. The van der Waals surface area contributed by atoms with Gasteiger partial charge in [-0.25, -0.2) is 8.78 Å². The van der Waals surface area contributed by atoms with Crippen LogP contribution >= 0.6 is 11.8 Å². The lowest BCUT2D eigenvalue weighted by Gasteiger charge is -2.07. The maximum absolute atomic E-state index is 13.8. The van der Waals surface area contributed by atoms with Gasteiger partial charge in [0.2, 0.25) is 0 Å². The fraction of sp³-hybridized carbons (Fsp3) is 0.250. The van der Waals surface area contributed by atoms with Crippen molar-refractivity contribution in [3.8, 4) is 11.4 Å². The number of carbonyl (C=O) groups is 1. The zero-order valence-electron chi connectivity index (χ0n) is 10.5. The van der Waals surface area contributed by atoms with Gasteiger partial charge < -0.3 is 9.67 Å². The van der Waals surface area contributed by atoms with Crippen molar-refractivity contribution in [1.82, 2.24) is 14.8 Å². The van der Waals surface area contributed by atoms with E-state index in [1.165, 1.54) is 6.07 Å². The van der Waals surface area contributed by atoms with E-state index in [1.807, 2.05) is 0 Å². The van der Waals surface area contributed by atoms with Crippen molar-refractivity contribution < 1.29 is 18.7 Å². The third-order valence-corrected chi connectivity index (χ3v) is 3.48. The molecule has 1 aromatic carbocycles. The number of hydrogen-bond acceptors (Lipinski definition) is 4. The van der Waals surface area contributed by atoms with Crippen LogP contribution in [0.1, 0.15) is 6.92 Å². The van der Waals surface area contributed by atoms with Crippen LogP contribution in [0.5, 0.6) is 0 Å². The monoisotopic (exact) mass is 299 g/mol. The van der Waals surface area contributed by atoms with Crippen LogP contribution in [0.4, 0.5) is 8.78 Å². The lowest BCUT2D eigenvalue weighted by molar-refractivity contribution is -0.133. The smallest absolute Gasteiger partial charge is 0.313 e. The Bertz CT molecular complexity index is 646. The summed E-state index contributed by atoms with van der Waals surface area (Å²) in [7, 11) is 0. The highest BCUT2D eigenvalue weighted by Gasteiger charge is 2.17. The highest BCUT2D eigenvalue weighted by Crippen LogP contribution is 2.26. The van der Waals surface area contributed by atoms with Crippen molar-refractivity contribution in [1.29, 1.82) is 0 Å². The molecule has 2 rings (SSSR count). The maximum atomic E-state index is 13.8. The predicted octanol–water partition coefficient (Wildman–Crippen LogP) is 2.42. The molecule has 0 amide bonds. The lowest BCUT2D eigenvalue weighted by Crippen LogP contribution is -2.04. The molecule has 0 aliphatic rings. The molecule has 1 N–H and O–H groups in total. The maximum Gasteiger partial charge on any atom is 0.313 e. The molecule has 0 saturated heterocycles. The van der Waals surface area contributed by atoms with Crippen molar-refractivity contribution in [3.63, 3.8) is 0 Å². The van der Waals surface area contributed by atoms with Gasteiger partial charge in [0.05, 0.1) is 11.3 Å². The molecule has 1 aromatic heterocycles. The van der Waals surface area contributed by atoms with Crippen LogP contribution < -0.4 is 0 Å². The summed E-state index contributed by atoms with van der Waals surface area (Å²) in [6.45, 7) is 2.25. The third kappa shape index (κ3) is 2.96. The first-order valence-corrected chi connectivity index (χ1v) is 6.74. The molecule has 5 nitrogen and oxygen atoms in total. The Morgan fingerprint density at radius 2 is 2.15 bits per heavy atom. The summed E-state index contributed by atoms with van der Waals surface area (Å²) in [5.41, 5.74) is 0.128. The predicted molar refractivity (Wildman–Crippen MR) is 69.4 cm³/mol. The minimum Gasteiger partial charge on any atom is -0.481 e. The lowest BCUT2D eigenvalue weighted by atomic mass is 10.2. The molecule has 0 unspecified atom stereocenters. The Balaban J connectivity index is 2.39. The highest BCUT2D eigenvalue weighted by molar-refractivity contribution is 7.99. The molecule has 2 aromatic rings. The number of carboxylic acids is 1. The molecule has 0 radical (unpaired) electrons. The van der Waals surface area contributed by atoms with E-state index < -0.39 is 17.6 Å². The summed E-state index contributed by atoms with van der Waals surface area (Å²) < 4.78 is 28.2. The molecular weight excluding hydrogens is 288 g/mol. The first-order chi connectivity index (χ1) is 9.52. The first kappa shape index (κ1) is 14.4. The number of benzene rings is 1. The Kier molecular flexibility index (Phi) is 4.33. The van der Waals surface area contributed by atoms with E-state index in [-0.39, 0.29) is 17.1 Å². The molecule has 0 saturated carbocycles. The second kappa shape index (κ2) is 6.00. The fourth-order valence-corrected chi connectivity index (χ4v) is 2.40. The van der Waals surface area contributed by atoms with Gasteiger partial charge in [0.15, 0.2) is 11.0 Å². The molecule has 0 bridgehead atoms. The van der Waals surface area contributed by atoms with Crippen molar-refractivity contribution in [2.24, 2.45) is 0 Å². The van der Waals surface area contributed by atoms with Crippen molar-refractivity contribution in [2.45, 2.75) is 18.6 Å². The van der Waals surface area contributed by atoms with Gasteiger partial charge in [-0.15, -0.1) is 10.2 Å². The van der Waals surface area contributed by atoms with Gasteiger partial charge in [0.1, 0.15) is 11.6 Å². The van der Waals surface area contributed by atoms with E-state index in [4.69, 9.17) is 5.11 Å². The van der Waals surface area contributed by atoms with Gasteiger partial charge in [0, 0.05) is 12.6 Å². The molecule has 0 spiro atoms. The summed E-state index contributed by atoms with van der Waals surface area (Å²) in [6, 6.07) is 3.19. The second-order valence-corrected chi connectivity index (χ2v) is 4.80. The zero-order valence-corrected chi connectivity index (χ0v) is 11.3. The number of thioether (sulfide) groups is 1. The number of nitrogens with zero attached hydrogens (tertiary/aromatic N) is 3. The van der Waals surface area contributed by atoms with Gasteiger partial charge in [-0.3, -0.25) is 4.79 Å². The Labute approximate surface area is 117 Å². The normalized spacial score (nSPS) is 10.8. The molecule has 20 heavy (non-hydrogen) atoms. The van der Waals surface area contributed by atoms with Crippen molar-refractivity contribution in [3.05, 3.63) is 29.8 Å². The number of carboxylic acid groups (broad SMARTS) is 1. The molecule has 0 aliphatic heterocycles. The van der Waals surface area contributed by atoms with Crippen molar-refractivity contribution in [2.75, 3.05) is 5.75 Å². The SMILES string of the molecule is CCn1c(SCC(=O)O)nnc1-c1ccc(F)cc1F. The average molecular weight is 299 g/mol. The van der Waals surface area contributed by atoms with Crippen LogP contribution in [0.3, 0.4) is 0 Å². The van der Waals surface area contributed by atoms with E-state index in [2.05, 4.69) is 10.2 Å². The summed E-state index contributed by atoms with van der Waals surface area (Å²) >= 11 is 0.998. The van der Waals surface area contributed by atoms with Crippen LogP contribution in [0.25, 0.3) is 11.4 Å². The number of aromatic nitrogens is 3. The van der Waals surface area contributed by atoms with Crippen LogP contribution in [0.15, 0.2) is 23.4 Å². The average Bonchev–Trinajstić information content (AvgIpc) is 2.79. The number of rotatable bonds is 5. The molecular formula is C12H11F2N3O2S. The topological polar surface area (TPSA) is 68.0 Å². The number of aliphatic carboxylic acids is 1. The second-order valence-electron chi connectivity index (χ2n) is 3.86. The summed E-state index contributed by atoms with van der Waals surface area (Å²) in [5, 5.41) is 16.8. The van der Waals surface area contributed by atoms with Gasteiger partial charge in [0.25, 0.3) is 0 Å². The quantitative estimate of drug-likeness (QED) is 0.859. The Morgan fingerprint density at radius 1 is 1.40 bits per heavy atom. The Hall–Kier alpha value is -1.96. The summed E-state index contributed by atoms with van der Waals surface area (Å²) in [4.78, 5) is 10.6. The first-order valence-electron chi connectivity index (χ1n) is 5.76. The molecule has 0 aliphatic carbocycles. The standard InChI is InChI=1S/C12H11F2N3O2S/c1-2-17-11(8-4-3-7(13)5-9(8)14)15-16-12(17)20-6-10(18)19/h3-5H,2,6H2,1H3,(H,18,19). The molecule has 0 atom stereocenters. The van der Waals surface area contributed by atoms with E-state index in [0.717, 1.165) is 23.9 Å².